The van der Waals surface area contributed by atoms with Crippen molar-refractivity contribution in [1.82, 2.24) is 5.32 Å². The van der Waals surface area contributed by atoms with Crippen LogP contribution in [0.5, 0.6) is 0 Å². The lowest BCUT2D eigenvalue weighted by molar-refractivity contribution is -0.131. The lowest BCUT2D eigenvalue weighted by atomic mass is 9.89. The van der Waals surface area contributed by atoms with Gasteiger partial charge in [0.05, 0.1) is 6.42 Å². The van der Waals surface area contributed by atoms with E-state index in [1.54, 1.807) is 20.8 Å². The fourth-order valence-corrected chi connectivity index (χ4v) is 1.65. The van der Waals surface area contributed by atoms with Crippen LogP contribution in [0.1, 0.15) is 34.1 Å². The number of hydrogen-bond acceptors (Lipinski definition) is 4. The number of Topliss-reactive ketones (excluding diaryl/α,β-unsaturated/α-hetero) is 1. The molecule has 0 atom stereocenters. The lowest BCUT2D eigenvalue weighted by Gasteiger charge is -2.15. The number of carbonyl (C=O) groups excluding carboxylic acids is 2. The summed E-state index contributed by atoms with van der Waals surface area (Å²) in [7, 11) is 0. The summed E-state index contributed by atoms with van der Waals surface area (Å²) in [5, 5.41) is 2.52. The van der Waals surface area contributed by atoms with Gasteiger partial charge in [-0.15, -0.1) is 0 Å². The highest BCUT2D eigenvalue weighted by Gasteiger charge is 2.23. The van der Waals surface area contributed by atoms with Crippen LogP contribution in [0.15, 0.2) is 0 Å². The minimum absolute atomic E-state index is 0.0794. The Balaban J connectivity index is 4.05. The maximum absolute atomic E-state index is 11.5. The quantitative estimate of drug-likeness (QED) is 0.613. The van der Waals surface area contributed by atoms with Crippen molar-refractivity contribution in [1.29, 1.82) is 0 Å². The molecule has 0 aromatic carbocycles. The first kappa shape index (κ1) is 14.6. The molecule has 5 heteroatoms. The van der Waals surface area contributed by atoms with Gasteiger partial charge >= 0.3 is 0 Å². The molecule has 0 saturated heterocycles. The Morgan fingerprint density at radius 3 is 2.27 bits per heavy atom. The average molecular weight is 247 g/mol. The van der Waals surface area contributed by atoms with Crippen LogP contribution in [0.3, 0.4) is 0 Å². The molecule has 0 aliphatic heterocycles. The third-order valence-electron chi connectivity index (χ3n) is 1.67. The second kappa shape index (κ2) is 6.23. The molecule has 15 heavy (non-hydrogen) atoms. The zero-order chi connectivity index (χ0) is 12.1. The zero-order valence-electron chi connectivity index (χ0n) is 9.55. The van der Waals surface area contributed by atoms with Gasteiger partial charge in [-0.1, -0.05) is 51.7 Å². The van der Waals surface area contributed by atoms with Crippen LogP contribution in [-0.2, 0) is 9.59 Å². The van der Waals surface area contributed by atoms with E-state index in [1.807, 2.05) is 6.92 Å². The molecule has 0 saturated carbocycles. The summed E-state index contributed by atoms with van der Waals surface area (Å²) in [4.78, 5) is 22.9. The minimum Gasteiger partial charge on any atom is -0.311 e. The Morgan fingerprint density at radius 1 is 1.33 bits per heavy atom. The molecule has 0 bridgehead atoms. The maximum Gasteiger partial charge on any atom is 0.232 e. The largest absolute Gasteiger partial charge is 0.311 e. The van der Waals surface area contributed by atoms with Crippen molar-refractivity contribution < 1.29 is 9.59 Å². The first-order valence-electron chi connectivity index (χ1n) is 4.77. The summed E-state index contributed by atoms with van der Waals surface area (Å²) in [5.74, 6) is 0.414. The van der Waals surface area contributed by atoms with E-state index in [0.29, 0.717) is 4.32 Å². The molecule has 0 spiro atoms. The topological polar surface area (TPSA) is 46.2 Å². The molecule has 0 aromatic heterocycles. The Hall–Kier alpha value is -0.420. The molecule has 0 rings (SSSR count). The maximum atomic E-state index is 11.5. The van der Waals surface area contributed by atoms with Crippen LogP contribution in [-0.4, -0.2) is 21.8 Å². The normalized spacial score (nSPS) is 10.9. The molecule has 0 aliphatic carbocycles. The lowest BCUT2D eigenvalue weighted by Crippen LogP contribution is -2.32. The van der Waals surface area contributed by atoms with Gasteiger partial charge in [0.1, 0.15) is 10.1 Å². The van der Waals surface area contributed by atoms with Crippen molar-refractivity contribution in [2.45, 2.75) is 34.1 Å². The van der Waals surface area contributed by atoms with Gasteiger partial charge in [0, 0.05) is 5.41 Å². The SMILES string of the molecule is CCSC(=S)NC(=O)CC(=O)C(C)(C)C. The summed E-state index contributed by atoms with van der Waals surface area (Å²) in [5.41, 5.74) is -0.475. The van der Waals surface area contributed by atoms with Crippen LogP contribution in [0.25, 0.3) is 0 Å². The number of carbonyl (C=O) groups is 2. The molecule has 0 aromatic rings. The first-order valence-corrected chi connectivity index (χ1v) is 6.16. The molecule has 1 amide bonds. The van der Waals surface area contributed by atoms with E-state index in [4.69, 9.17) is 12.2 Å². The van der Waals surface area contributed by atoms with Crippen molar-refractivity contribution in [3.8, 4) is 0 Å². The molecule has 86 valence electrons. The summed E-state index contributed by atoms with van der Waals surface area (Å²) in [6, 6.07) is 0. The molecule has 0 unspecified atom stereocenters. The Labute approximate surface area is 100 Å². The Bertz CT molecular complexity index is 269. The molecule has 0 heterocycles. The number of thiocarbonyl (C=S) groups is 1. The van der Waals surface area contributed by atoms with E-state index in [9.17, 15) is 9.59 Å². The van der Waals surface area contributed by atoms with Crippen molar-refractivity contribution >= 4 is 40.0 Å². The van der Waals surface area contributed by atoms with Gasteiger partial charge in [0.15, 0.2) is 0 Å². The summed E-state index contributed by atoms with van der Waals surface area (Å²) in [6.45, 7) is 7.33. The Kier molecular flexibility index (Phi) is 6.05. The summed E-state index contributed by atoms with van der Waals surface area (Å²) >= 11 is 6.28. The fraction of sp³-hybridized carbons (Fsp3) is 0.700. The van der Waals surface area contributed by atoms with E-state index in [0.717, 1.165) is 5.75 Å². The van der Waals surface area contributed by atoms with Crippen LogP contribution >= 0.6 is 24.0 Å². The fourth-order valence-electron chi connectivity index (χ4n) is 0.736. The van der Waals surface area contributed by atoms with Crippen molar-refractivity contribution in [2.24, 2.45) is 5.41 Å². The van der Waals surface area contributed by atoms with E-state index in [-0.39, 0.29) is 18.1 Å². The Morgan fingerprint density at radius 2 is 1.87 bits per heavy atom. The van der Waals surface area contributed by atoms with Gasteiger partial charge < -0.3 is 5.32 Å². The van der Waals surface area contributed by atoms with E-state index < -0.39 is 5.41 Å². The molecule has 0 radical (unpaired) electrons. The third-order valence-corrected chi connectivity index (χ3v) is 2.78. The van der Waals surface area contributed by atoms with Crippen molar-refractivity contribution in [2.75, 3.05) is 5.75 Å². The highest BCUT2D eigenvalue weighted by molar-refractivity contribution is 8.23. The van der Waals surface area contributed by atoms with E-state index in [2.05, 4.69) is 5.32 Å². The van der Waals surface area contributed by atoms with Crippen molar-refractivity contribution in [3.63, 3.8) is 0 Å². The number of thioether (sulfide) groups is 1. The van der Waals surface area contributed by atoms with Crippen LogP contribution < -0.4 is 5.32 Å². The van der Waals surface area contributed by atoms with Crippen LogP contribution in [0.2, 0.25) is 0 Å². The van der Waals surface area contributed by atoms with E-state index >= 15 is 0 Å². The molecule has 1 N–H and O–H groups in total. The minimum atomic E-state index is -0.475. The van der Waals surface area contributed by atoms with Gasteiger partial charge in [-0.3, -0.25) is 9.59 Å². The molecular formula is C10H17NO2S2. The number of rotatable bonds is 3. The summed E-state index contributed by atoms with van der Waals surface area (Å²) < 4.78 is 0.434. The van der Waals surface area contributed by atoms with Gasteiger partial charge in [0.25, 0.3) is 0 Å². The van der Waals surface area contributed by atoms with Crippen LogP contribution in [0.4, 0.5) is 0 Å². The molecule has 0 aliphatic rings. The van der Waals surface area contributed by atoms with Gasteiger partial charge in [-0.05, 0) is 5.75 Å². The predicted molar refractivity (Wildman–Crippen MR) is 68.0 cm³/mol. The standard InChI is InChI=1S/C10H17NO2S2/c1-5-15-9(14)11-8(13)6-7(12)10(2,3)4/h5-6H2,1-4H3,(H,11,13,14). The zero-order valence-corrected chi connectivity index (χ0v) is 11.2. The molecule has 0 fully saturated rings. The first-order chi connectivity index (χ1) is 6.77. The number of hydrogen-bond donors (Lipinski definition) is 1. The second-order valence-corrected chi connectivity index (χ2v) is 6.06. The monoisotopic (exact) mass is 247 g/mol. The number of amides is 1. The number of ketones is 1. The molecular weight excluding hydrogens is 230 g/mol. The van der Waals surface area contributed by atoms with Gasteiger partial charge in [0.2, 0.25) is 5.91 Å². The highest BCUT2D eigenvalue weighted by Crippen LogP contribution is 2.16. The van der Waals surface area contributed by atoms with Gasteiger partial charge in [-0.2, -0.15) is 0 Å². The van der Waals surface area contributed by atoms with Crippen LogP contribution in [0, 0.1) is 5.41 Å². The average Bonchev–Trinajstić information content (AvgIpc) is 2.01. The number of nitrogens with one attached hydrogen (secondary N) is 1. The smallest absolute Gasteiger partial charge is 0.232 e. The second-order valence-electron chi connectivity index (χ2n) is 4.12. The van der Waals surface area contributed by atoms with Crippen molar-refractivity contribution in [3.05, 3.63) is 0 Å². The summed E-state index contributed by atoms with van der Waals surface area (Å²) in [6.07, 6.45) is -0.103. The molecule has 3 nitrogen and oxygen atoms in total. The van der Waals surface area contributed by atoms with E-state index in [1.165, 1.54) is 11.8 Å². The van der Waals surface area contributed by atoms with Gasteiger partial charge in [-0.25, -0.2) is 0 Å². The predicted octanol–water partition coefficient (Wildman–Crippen LogP) is 2.15. The third kappa shape index (κ3) is 6.62. The highest BCUT2D eigenvalue weighted by atomic mass is 32.2.